The van der Waals surface area contributed by atoms with Crippen LogP contribution in [0.15, 0.2) is 65.3 Å². The molecule has 1 aliphatic heterocycles. The lowest BCUT2D eigenvalue weighted by atomic mass is 9.97. The van der Waals surface area contributed by atoms with Crippen LogP contribution in [-0.4, -0.2) is 22.3 Å². The van der Waals surface area contributed by atoms with Crippen molar-refractivity contribution in [3.8, 4) is 5.75 Å². The molecule has 1 unspecified atom stereocenters. The van der Waals surface area contributed by atoms with Crippen molar-refractivity contribution in [2.45, 2.75) is 33.4 Å². The van der Waals surface area contributed by atoms with Gasteiger partial charge in [-0.25, -0.2) is 4.39 Å². The third-order valence-electron chi connectivity index (χ3n) is 4.79. The van der Waals surface area contributed by atoms with Crippen molar-refractivity contribution < 1.29 is 9.50 Å². The van der Waals surface area contributed by atoms with E-state index in [1.165, 1.54) is 11.6 Å². The summed E-state index contributed by atoms with van der Waals surface area (Å²) in [6.07, 6.45) is 2.39. The molecule has 1 aliphatic rings. The number of aliphatic imine (C=N–C) groups is 1. The summed E-state index contributed by atoms with van der Waals surface area (Å²) >= 11 is 0. The molecule has 2 aromatic rings. The molecular weight excluding hydrogens is 327 g/mol. The smallest absolute Gasteiger partial charge is 0.150 e. The first kappa shape index (κ1) is 18.2. The Morgan fingerprint density at radius 1 is 1.12 bits per heavy atom. The van der Waals surface area contributed by atoms with Gasteiger partial charge in [0.05, 0.1) is 0 Å². The van der Waals surface area contributed by atoms with E-state index in [0.29, 0.717) is 24.4 Å². The zero-order valence-electron chi connectivity index (χ0n) is 15.5. The van der Waals surface area contributed by atoms with E-state index in [-0.39, 0.29) is 17.7 Å². The molecular formula is C22H25FN2O. The van der Waals surface area contributed by atoms with Gasteiger partial charge in [0.2, 0.25) is 0 Å². The second-order valence-corrected chi connectivity index (χ2v) is 6.97. The van der Waals surface area contributed by atoms with Crippen molar-refractivity contribution in [3.63, 3.8) is 0 Å². The fourth-order valence-corrected chi connectivity index (χ4v) is 3.33. The van der Waals surface area contributed by atoms with Crippen molar-refractivity contribution in [1.82, 2.24) is 4.90 Å². The topological polar surface area (TPSA) is 35.8 Å². The summed E-state index contributed by atoms with van der Waals surface area (Å²) in [7, 11) is 0. The second-order valence-electron chi connectivity index (χ2n) is 6.97. The van der Waals surface area contributed by atoms with Crippen molar-refractivity contribution in [1.29, 1.82) is 0 Å². The van der Waals surface area contributed by atoms with Crippen LogP contribution in [0, 0.1) is 11.7 Å². The minimum absolute atomic E-state index is 0.184. The van der Waals surface area contributed by atoms with Gasteiger partial charge in [-0.3, -0.25) is 4.99 Å². The van der Waals surface area contributed by atoms with E-state index in [9.17, 15) is 9.50 Å². The average molecular weight is 352 g/mol. The minimum atomic E-state index is -0.300. The summed E-state index contributed by atoms with van der Waals surface area (Å²) < 4.78 is 14.0. The molecule has 1 heterocycles. The normalized spacial score (nSPS) is 17.3. The van der Waals surface area contributed by atoms with Gasteiger partial charge in [-0.2, -0.15) is 0 Å². The van der Waals surface area contributed by atoms with Crippen LogP contribution in [0.2, 0.25) is 0 Å². The number of hydrogen-bond donors (Lipinski definition) is 1. The third kappa shape index (κ3) is 3.79. The molecule has 0 aliphatic carbocycles. The lowest BCUT2D eigenvalue weighted by Crippen LogP contribution is -2.31. The van der Waals surface area contributed by atoms with E-state index in [1.54, 1.807) is 18.2 Å². The van der Waals surface area contributed by atoms with Crippen LogP contribution in [0.4, 0.5) is 4.39 Å². The summed E-state index contributed by atoms with van der Waals surface area (Å²) in [5.41, 5.74) is 3.61. The van der Waals surface area contributed by atoms with Crippen LogP contribution in [0.3, 0.4) is 0 Å². The molecule has 2 aromatic carbocycles. The molecule has 3 nitrogen and oxygen atoms in total. The highest BCUT2D eigenvalue weighted by Crippen LogP contribution is 2.34. The molecule has 1 N–H and O–H groups in total. The second kappa shape index (κ2) is 7.73. The molecule has 0 bridgehead atoms. The van der Waals surface area contributed by atoms with Crippen molar-refractivity contribution in [2.75, 3.05) is 6.54 Å². The molecule has 0 radical (unpaired) electrons. The highest BCUT2D eigenvalue weighted by Gasteiger charge is 2.26. The first-order valence-corrected chi connectivity index (χ1v) is 9.01. The number of aromatic hydroxyl groups is 1. The molecule has 0 fully saturated rings. The Morgan fingerprint density at radius 3 is 2.50 bits per heavy atom. The fourth-order valence-electron chi connectivity index (χ4n) is 3.33. The molecule has 26 heavy (non-hydrogen) atoms. The van der Waals surface area contributed by atoms with E-state index in [4.69, 9.17) is 4.99 Å². The average Bonchev–Trinajstić information content (AvgIpc) is 2.62. The van der Waals surface area contributed by atoms with E-state index in [1.807, 2.05) is 31.2 Å². The van der Waals surface area contributed by atoms with E-state index < -0.39 is 0 Å². The maximum atomic E-state index is 14.0. The van der Waals surface area contributed by atoms with Crippen LogP contribution < -0.4 is 0 Å². The summed E-state index contributed by atoms with van der Waals surface area (Å²) in [5.74, 6) is 0.391. The number of para-hydroxylation sites is 1. The zero-order valence-corrected chi connectivity index (χ0v) is 15.5. The highest BCUT2D eigenvalue weighted by molar-refractivity contribution is 5.99. The predicted molar refractivity (Wildman–Crippen MR) is 104 cm³/mol. The number of nitrogens with zero attached hydrogens (tertiary/aromatic N) is 2. The number of benzene rings is 2. The molecule has 0 saturated heterocycles. The van der Waals surface area contributed by atoms with Gasteiger partial charge < -0.3 is 10.0 Å². The Labute approximate surface area is 154 Å². The summed E-state index contributed by atoms with van der Waals surface area (Å²) in [6, 6.07) is 14.1. The van der Waals surface area contributed by atoms with Gasteiger partial charge in [-0.05, 0) is 42.5 Å². The highest BCUT2D eigenvalue weighted by atomic mass is 19.1. The van der Waals surface area contributed by atoms with Gasteiger partial charge in [-0.1, -0.05) is 50.2 Å². The monoisotopic (exact) mass is 352 g/mol. The maximum absolute atomic E-state index is 14.0. The van der Waals surface area contributed by atoms with Crippen LogP contribution in [0.1, 0.15) is 38.1 Å². The maximum Gasteiger partial charge on any atom is 0.150 e. The Hall–Kier alpha value is -2.62. The molecule has 136 valence electrons. The SMILES string of the molecule is CC1=NC(c2ccccc2O)N(CCc2ccccc2F)C=C1C(C)C. The molecule has 0 amide bonds. The minimum Gasteiger partial charge on any atom is -0.508 e. The van der Waals surface area contributed by atoms with Crippen molar-refractivity contribution in [2.24, 2.45) is 10.9 Å². The molecule has 1 atom stereocenters. The number of phenols is 1. The largest absolute Gasteiger partial charge is 0.508 e. The first-order chi connectivity index (χ1) is 12.5. The molecule has 0 saturated carbocycles. The predicted octanol–water partition coefficient (Wildman–Crippen LogP) is 5.09. The Bertz CT molecular complexity index is 842. The molecule has 0 spiro atoms. The molecule has 3 rings (SSSR count). The van der Waals surface area contributed by atoms with Gasteiger partial charge in [0, 0.05) is 24.0 Å². The summed E-state index contributed by atoms with van der Waals surface area (Å²) in [6.45, 7) is 6.90. The number of hydrogen-bond acceptors (Lipinski definition) is 3. The first-order valence-electron chi connectivity index (χ1n) is 9.01. The van der Waals surface area contributed by atoms with Gasteiger partial charge >= 0.3 is 0 Å². The van der Waals surface area contributed by atoms with E-state index in [0.717, 1.165) is 11.3 Å². The van der Waals surface area contributed by atoms with Gasteiger partial charge in [-0.15, -0.1) is 0 Å². The Morgan fingerprint density at radius 2 is 1.81 bits per heavy atom. The van der Waals surface area contributed by atoms with Crippen molar-refractivity contribution in [3.05, 3.63) is 77.2 Å². The molecule has 0 aromatic heterocycles. The third-order valence-corrected chi connectivity index (χ3v) is 4.79. The lowest BCUT2D eigenvalue weighted by molar-refractivity contribution is 0.275. The van der Waals surface area contributed by atoms with Gasteiger partial charge in [0.1, 0.15) is 11.6 Å². The molecule has 4 heteroatoms. The number of halogens is 1. The van der Waals surface area contributed by atoms with Crippen LogP contribution >= 0.6 is 0 Å². The number of phenolic OH excluding ortho intramolecular Hbond substituents is 1. The van der Waals surface area contributed by atoms with Gasteiger partial charge in [0.15, 0.2) is 6.17 Å². The quantitative estimate of drug-likeness (QED) is 0.814. The van der Waals surface area contributed by atoms with E-state index >= 15 is 0 Å². The van der Waals surface area contributed by atoms with Crippen LogP contribution in [-0.2, 0) is 6.42 Å². The summed E-state index contributed by atoms with van der Waals surface area (Å²) in [4.78, 5) is 6.95. The number of rotatable bonds is 5. The Balaban J connectivity index is 1.91. The van der Waals surface area contributed by atoms with Crippen LogP contribution in [0.25, 0.3) is 0 Å². The lowest BCUT2D eigenvalue weighted by Gasteiger charge is -2.34. The Kier molecular flexibility index (Phi) is 5.40. The summed E-state index contributed by atoms with van der Waals surface area (Å²) in [5, 5.41) is 10.3. The fraction of sp³-hybridized carbons (Fsp3) is 0.318. The standard InChI is InChI=1S/C22H25FN2O/c1-15(2)19-14-25(13-12-17-8-4-6-10-20(17)23)22(24-16(19)3)18-9-5-7-11-21(18)26/h4-11,14-15,22,26H,12-13H2,1-3H3. The van der Waals surface area contributed by atoms with E-state index in [2.05, 4.69) is 24.9 Å². The zero-order chi connectivity index (χ0) is 18.7. The van der Waals surface area contributed by atoms with Gasteiger partial charge in [0.25, 0.3) is 0 Å². The number of allylic oxidation sites excluding steroid dienone is 1. The van der Waals surface area contributed by atoms with Crippen molar-refractivity contribution >= 4 is 5.71 Å². The van der Waals surface area contributed by atoms with Crippen LogP contribution in [0.5, 0.6) is 5.75 Å².